The number of hydrogen-bond donors (Lipinski definition) is 3. The number of aliphatic hydroxyl groups excluding tert-OH is 1. The van der Waals surface area contributed by atoms with Crippen LogP contribution in [0.4, 0.5) is 5.95 Å². The molecule has 0 atom stereocenters. The summed E-state index contributed by atoms with van der Waals surface area (Å²) in [5, 5.41) is 15.6. The molecule has 2 aromatic rings. The Hall–Kier alpha value is -2.41. The molecule has 100 valence electrons. The molecule has 0 spiro atoms. The van der Waals surface area contributed by atoms with Gasteiger partial charge in [-0.05, 0) is 11.1 Å². The number of aliphatic hydroxyl groups is 1. The van der Waals surface area contributed by atoms with Gasteiger partial charge in [0.05, 0.1) is 6.61 Å². The van der Waals surface area contributed by atoms with E-state index in [-0.39, 0.29) is 25.0 Å². The third-order valence-corrected chi connectivity index (χ3v) is 2.52. The highest BCUT2D eigenvalue weighted by molar-refractivity contribution is 5.75. The first kappa shape index (κ1) is 13.0. The highest BCUT2D eigenvalue weighted by atomic mass is 16.3. The molecular formula is C12H15N5O2. The van der Waals surface area contributed by atoms with Crippen molar-refractivity contribution >= 4 is 11.9 Å². The lowest BCUT2D eigenvalue weighted by Crippen LogP contribution is -2.27. The lowest BCUT2D eigenvalue weighted by molar-refractivity contribution is -0.122. The molecule has 0 aliphatic carbocycles. The van der Waals surface area contributed by atoms with E-state index < -0.39 is 0 Å². The molecule has 0 fully saturated rings. The van der Waals surface area contributed by atoms with E-state index in [4.69, 9.17) is 10.8 Å². The Kier molecular flexibility index (Phi) is 4.09. The number of nitrogens with one attached hydrogen (secondary N) is 1. The molecule has 0 aliphatic rings. The van der Waals surface area contributed by atoms with Crippen LogP contribution in [0.2, 0.25) is 0 Å². The van der Waals surface area contributed by atoms with Crippen LogP contribution in [0.3, 0.4) is 0 Å². The molecule has 0 saturated carbocycles. The molecule has 19 heavy (non-hydrogen) atoms. The predicted octanol–water partition coefficient (Wildman–Crippen LogP) is -0.331. The van der Waals surface area contributed by atoms with Gasteiger partial charge in [-0.3, -0.25) is 4.79 Å². The van der Waals surface area contributed by atoms with Crippen molar-refractivity contribution in [3.8, 4) is 0 Å². The number of rotatable bonds is 5. The molecule has 0 radical (unpaired) electrons. The minimum atomic E-state index is -0.181. The SMILES string of the molecule is Nc1ncn(CC(=O)NCc2cccc(CO)c2)n1. The standard InChI is InChI=1S/C12H15N5O2/c13-12-15-8-17(16-12)6-11(19)14-5-9-2-1-3-10(4-9)7-18/h1-4,8,18H,5-7H2,(H2,13,16)(H,14,19). The predicted molar refractivity (Wildman–Crippen MR) is 68.6 cm³/mol. The van der Waals surface area contributed by atoms with Gasteiger partial charge in [-0.1, -0.05) is 24.3 Å². The second kappa shape index (κ2) is 5.96. The molecule has 0 bridgehead atoms. The van der Waals surface area contributed by atoms with Gasteiger partial charge < -0.3 is 16.2 Å². The summed E-state index contributed by atoms with van der Waals surface area (Å²) in [5.41, 5.74) is 7.10. The van der Waals surface area contributed by atoms with Gasteiger partial charge in [0.25, 0.3) is 0 Å². The summed E-state index contributed by atoms with van der Waals surface area (Å²) in [5.74, 6) is -0.0391. The number of carbonyl (C=O) groups excluding carboxylic acids is 1. The van der Waals surface area contributed by atoms with Crippen LogP contribution < -0.4 is 11.1 Å². The number of aromatic nitrogens is 3. The summed E-state index contributed by atoms with van der Waals surface area (Å²) >= 11 is 0. The van der Waals surface area contributed by atoms with Gasteiger partial charge in [-0.2, -0.15) is 0 Å². The first-order valence-electron chi connectivity index (χ1n) is 5.77. The average molecular weight is 261 g/mol. The number of amides is 1. The van der Waals surface area contributed by atoms with Gasteiger partial charge in [-0.25, -0.2) is 9.67 Å². The maximum absolute atomic E-state index is 11.7. The number of nitrogens with zero attached hydrogens (tertiary/aromatic N) is 3. The van der Waals surface area contributed by atoms with Crippen molar-refractivity contribution in [2.45, 2.75) is 19.7 Å². The van der Waals surface area contributed by atoms with Crippen molar-refractivity contribution in [1.82, 2.24) is 20.1 Å². The van der Waals surface area contributed by atoms with Crippen LogP contribution in [0, 0.1) is 0 Å². The fourth-order valence-corrected chi connectivity index (χ4v) is 1.63. The fourth-order valence-electron chi connectivity index (χ4n) is 1.63. The van der Waals surface area contributed by atoms with E-state index >= 15 is 0 Å². The van der Waals surface area contributed by atoms with E-state index in [0.717, 1.165) is 11.1 Å². The lowest BCUT2D eigenvalue weighted by atomic mass is 10.1. The zero-order valence-electron chi connectivity index (χ0n) is 10.3. The second-order valence-electron chi connectivity index (χ2n) is 4.06. The van der Waals surface area contributed by atoms with E-state index in [9.17, 15) is 4.79 Å². The Morgan fingerprint density at radius 1 is 1.42 bits per heavy atom. The minimum Gasteiger partial charge on any atom is -0.392 e. The highest BCUT2D eigenvalue weighted by Gasteiger charge is 2.04. The molecule has 0 saturated heterocycles. The quantitative estimate of drug-likeness (QED) is 0.683. The van der Waals surface area contributed by atoms with Gasteiger partial charge in [0.15, 0.2) is 0 Å². The second-order valence-corrected chi connectivity index (χ2v) is 4.06. The molecule has 2 rings (SSSR count). The zero-order valence-corrected chi connectivity index (χ0v) is 10.3. The fraction of sp³-hybridized carbons (Fsp3) is 0.250. The number of anilines is 1. The maximum atomic E-state index is 11.7. The smallest absolute Gasteiger partial charge is 0.242 e. The number of nitrogen functional groups attached to an aromatic ring is 1. The van der Waals surface area contributed by atoms with Crippen molar-refractivity contribution in [3.63, 3.8) is 0 Å². The first-order chi connectivity index (χ1) is 9.17. The van der Waals surface area contributed by atoms with E-state index in [1.54, 1.807) is 0 Å². The topological polar surface area (TPSA) is 106 Å². The molecule has 1 amide bonds. The lowest BCUT2D eigenvalue weighted by Gasteiger charge is -2.06. The summed E-state index contributed by atoms with van der Waals surface area (Å²) in [6.45, 7) is 0.459. The van der Waals surface area contributed by atoms with Gasteiger partial charge in [-0.15, -0.1) is 5.10 Å². The van der Waals surface area contributed by atoms with E-state index in [2.05, 4.69) is 15.4 Å². The Morgan fingerprint density at radius 2 is 2.21 bits per heavy atom. The maximum Gasteiger partial charge on any atom is 0.242 e. The Balaban J connectivity index is 1.86. The van der Waals surface area contributed by atoms with Crippen LogP contribution in [-0.4, -0.2) is 25.8 Å². The molecule has 1 aromatic heterocycles. The minimum absolute atomic E-state index is 0.0139. The highest BCUT2D eigenvalue weighted by Crippen LogP contribution is 2.04. The Bertz CT molecular complexity index is 567. The number of benzene rings is 1. The number of nitrogens with two attached hydrogens (primary N) is 1. The van der Waals surface area contributed by atoms with Crippen molar-refractivity contribution in [2.24, 2.45) is 0 Å². The third-order valence-electron chi connectivity index (χ3n) is 2.52. The van der Waals surface area contributed by atoms with Crippen LogP contribution in [0.1, 0.15) is 11.1 Å². The molecule has 4 N–H and O–H groups in total. The number of carbonyl (C=O) groups is 1. The summed E-state index contributed by atoms with van der Waals surface area (Å²) < 4.78 is 1.37. The first-order valence-corrected chi connectivity index (χ1v) is 5.77. The normalized spacial score (nSPS) is 10.4. The van der Waals surface area contributed by atoms with Crippen molar-refractivity contribution in [3.05, 3.63) is 41.7 Å². The summed E-state index contributed by atoms with van der Waals surface area (Å²) in [6, 6.07) is 7.38. The molecule has 7 nitrogen and oxygen atoms in total. The molecule has 7 heteroatoms. The van der Waals surface area contributed by atoms with Crippen molar-refractivity contribution < 1.29 is 9.90 Å². The average Bonchev–Trinajstić information content (AvgIpc) is 2.82. The summed E-state index contributed by atoms with van der Waals surface area (Å²) in [7, 11) is 0. The molecule has 1 aromatic carbocycles. The summed E-state index contributed by atoms with van der Waals surface area (Å²) in [6.07, 6.45) is 1.40. The monoisotopic (exact) mass is 261 g/mol. The van der Waals surface area contributed by atoms with Gasteiger partial charge in [0.1, 0.15) is 12.9 Å². The molecule has 1 heterocycles. The van der Waals surface area contributed by atoms with E-state index in [0.29, 0.717) is 6.54 Å². The largest absolute Gasteiger partial charge is 0.392 e. The molecule has 0 aliphatic heterocycles. The van der Waals surface area contributed by atoms with E-state index in [1.165, 1.54) is 11.0 Å². The van der Waals surface area contributed by atoms with Gasteiger partial charge >= 0.3 is 0 Å². The van der Waals surface area contributed by atoms with Gasteiger partial charge in [0, 0.05) is 6.54 Å². The van der Waals surface area contributed by atoms with Crippen molar-refractivity contribution in [1.29, 1.82) is 0 Å². The van der Waals surface area contributed by atoms with E-state index in [1.807, 2.05) is 24.3 Å². The number of hydrogen-bond acceptors (Lipinski definition) is 5. The Labute approximate surface area is 110 Å². The van der Waals surface area contributed by atoms with Crippen LogP contribution in [0.25, 0.3) is 0 Å². The third kappa shape index (κ3) is 3.78. The molecule has 0 unspecified atom stereocenters. The van der Waals surface area contributed by atoms with Crippen LogP contribution >= 0.6 is 0 Å². The molecular weight excluding hydrogens is 246 g/mol. The summed E-state index contributed by atoms with van der Waals surface area (Å²) in [4.78, 5) is 15.4. The zero-order chi connectivity index (χ0) is 13.7. The van der Waals surface area contributed by atoms with Crippen LogP contribution in [0.5, 0.6) is 0 Å². The Morgan fingerprint density at radius 3 is 2.89 bits per heavy atom. The van der Waals surface area contributed by atoms with Crippen LogP contribution in [-0.2, 0) is 24.5 Å². The van der Waals surface area contributed by atoms with Crippen molar-refractivity contribution in [2.75, 3.05) is 5.73 Å². The van der Waals surface area contributed by atoms with Crippen LogP contribution in [0.15, 0.2) is 30.6 Å². The van der Waals surface area contributed by atoms with Gasteiger partial charge in [0.2, 0.25) is 11.9 Å².